The fourth-order valence-electron chi connectivity index (χ4n) is 1.25. The minimum Gasteiger partial charge on any atom is -0.308 e. The van der Waals surface area contributed by atoms with Crippen molar-refractivity contribution in [2.45, 2.75) is 53.2 Å². The topological polar surface area (TPSA) is 42.7 Å². The van der Waals surface area contributed by atoms with Crippen molar-refractivity contribution in [2.24, 2.45) is 5.92 Å². The van der Waals surface area contributed by atoms with Crippen molar-refractivity contribution in [3.05, 3.63) is 12.2 Å². The lowest BCUT2D eigenvalue weighted by molar-refractivity contribution is 0.434. The zero-order valence-corrected chi connectivity index (χ0v) is 10.2. The molecule has 0 saturated heterocycles. The molecule has 1 atom stereocenters. The van der Waals surface area contributed by atoms with E-state index in [0.29, 0.717) is 12.0 Å². The van der Waals surface area contributed by atoms with Gasteiger partial charge in [0.15, 0.2) is 5.82 Å². The summed E-state index contributed by atoms with van der Waals surface area (Å²) in [5.41, 5.74) is 0. The van der Waals surface area contributed by atoms with E-state index in [1.54, 1.807) is 0 Å². The normalized spacial score (nSPS) is 13.4. The number of hydrogen-bond donors (Lipinski definition) is 1. The summed E-state index contributed by atoms with van der Waals surface area (Å²) in [6.45, 7) is 10.4. The number of hydrogen-bond acceptors (Lipinski definition) is 3. The van der Waals surface area contributed by atoms with Gasteiger partial charge in [0.05, 0.1) is 6.54 Å². The maximum atomic E-state index is 4.41. The lowest BCUT2D eigenvalue weighted by Gasteiger charge is -2.07. The molecule has 0 fully saturated rings. The van der Waals surface area contributed by atoms with Crippen LogP contribution in [0.25, 0.3) is 0 Å². The molecule has 0 bridgehead atoms. The fraction of sp³-hybridized carbons (Fsp3) is 0.818. The summed E-state index contributed by atoms with van der Waals surface area (Å²) in [5.74, 6) is 1.55. The third kappa shape index (κ3) is 4.42. The summed E-state index contributed by atoms with van der Waals surface area (Å²) in [6.07, 6.45) is 3.00. The summed E-state index contributed by atoms with van der Waals surface area (Å²) in [5, 5.41) is 7.72. The molecule has 0 saturated carbocycles. The minimum atomic E-state index is 0.478. The summed E-state index contributed by atoms with van der Waals surface area (Å²) >= 11 is 0. The van der Waals surface area contributed by atoms with Crippen LogP contribution in [0.3, 0.4) is 0 Å². The standard InChI is InChI=1S/C11H22N4/c1-5-10(4)7-15-8-13-11(14-15)6-12-9(2)3/h8-10,12H,5-7H2,1-4H3. The first-order chi connectivity index (χ1) is 7.11. The molecule has 15 heavy (non-hydrogen) atoms. The molecule has 0 aliphatic heterocycles. The molecule has 1 unspecified atom stereocenters. The highest BCUT2D eigenvalue weighted by molar-refractivity contribution is 4.81. The lowest BCUT2D eigenvalue weighted by Crippen LogP contribution is -2.22. The SMILES string of the molecule is CCC(C)Cn1cnc(CNC(C)C)n1. The van der Waals surface area contributed by atoms with E-state index in [1.807, 2.05) is 11.0 Å². The van der Waals surface area contributed by atoms with E-state index in [9.17, 15) is 0 Å². The molecular formula is C11H22N4. The first kappa shape index (κ1) is 12.2. The van der Waals surface area contributed by atoms with Crippen LogP contribution < -0.4 is 5.32 Å². The molecule has 1 heterocycles. The average Bonchev–Trinajstić information content (AvgIpc) is 2.62. The Balaban J connectivity index is 2.42. The molecule has 4 heteroatoms. The zero-order chi connectivity index (χ0) is 11.3. The van der Waals surface area contributed by atoms with E-state index in [4.69, 9.17) is 0 Å². The van der Waals surface area contributed by atoms with Gasteiger partial charge in [-0.05, 0) is 5.92 Å². The van der Waals surface area contributed by atoms with Crippen LogP contribution in [0.4, 0.5) is 0 Å². The van der Waals surface area contributed by atoms with Gasteiger partial charge < -0.3 is 5.32 Å². The van der Waals surface area contributed by atoms with Crippen molar-refractivity contribution in [1.29, 1.82) is 0 Å². The Morgan fingerprint density at radius 3 is 2.73 bits per heavy atom. The van der Waals surface area contributed by atoms with Gasteiger partial charge in [-0.2, -0.15) is 5.10 Å². The monoisotopic (exact) mass is 210 g/mol. The molecule has 0 amide bonds. The fourth-order valence-corrected chi connectivity index (χ4v) is 1.25. The van der Waals surface area contributed by atoms with Gasteiger partial charge in [-0.3, -0.25) is 4.68 Å². The van der Waals surface area contributed by atoms with E-state index in [-0.39, 0.29) is 0 Å². The Labute approximate surface area is 92.1 Å². The highest BCUT2D eigenvalue weighted by Crippen LogP contribution is 2.03. The Bertz CT molecular complexity index is 280. The van der Waals surface area contributed by atoms with Gasteiger partial charge >= 0.3 is 0 Å². The lowest BCUT2D eigenvalue weighted by atomic mass is 10.1. The van der Waals surface area contributed by atoms with Crippen molar-refractivity contribution >= 4 is 0 Å². The van der Waals surface area contributed by atoms with E-state index < -0.39 is 0 Å². The predicted molar refractivity (Wildman–Crippen MR) is 61.5 cm³/mol. The molecule has 0 radical (unpaired) electrons. The van der Waals surface area contributed by atoms with Gasteiger partial charge in [-0.1, -0.05) is 34.1 Å². The quantitative estimate of drug-likeness (QED) is 0.779. The number of rotatable bonds is 6. The molecule has 1 aromatic rings. The average molecular weight is 210 g/mol. The molecule has 0 aliphatic carbocycles. The Kier molecular flexibility index (Phi) is 4.75. The van der Waals surface area contributed by atoms with Crippen molar-refractivity contribution in [3.8, 4) is 0 Å². The van der Waals surface area contributed by atoms with Crippen LogP contribution in [-0.4, -0.2) is 20.8 Å². The minimum absolute atomic E-state index is 0.478. The van der Waals surface area contributed by atoms with Crippen LogP contribution in [0, 0.1) is 5.92 Å². The van der Waals surface area contributed by atoms with Crippen molar-refractivity contribution in [1.82, 2.24) is 20.1 Å². The second-order valence-electron chi connectivity index (χ2n) is 4.43. The number of nitrogens with zero attached hydrogens (tertiary/aromatic N) is 3. The largest absolute Gasteiger partial charge is 0.308 e. The van der Waals surface area contributed by atoms with Gasteiger partial charge in [0.1, 0.15) is 6.33 Å². The Morgan fingerprint density at radius 1 is 1.40 bits per heavy atom. The zero-order valence-electron chi connectivity index (χ0n) is 10.2. The van der Waals surface area contributed by atoms with Gasteiger partial charge in [0.2, 0.25) is 0 Å². The molecule has 0 aromatic carbocycles. The third-order valence-corrected chi connectivity index (χ3v) is 2.45. The predicted octanol–water partition coefficient (Wildman–Crippen LogP) is 1.82. The van der Waals surface area contributed by atoms with Crippen LogP contribution >= 0.6 is 0 Å². The van der Waals surface area contributed by atoms with Gasteiger partial charge in [-0.25, -0.2) is 4.98 Å². The summed E-state index contributed by atoms with van der Waals surface area (Å²) in [4.78, 5) is 4.26. The van der Waals surface area contributed by atoms with Gasteiger partial charge in [0.25, 0.3) is 0 Å². The van der Waals surface area contributed by atoms with E-state index in [1.165, 1.54) is 6.42 Å². The smallest absolute Gasteiger partial charge is 0.164 e. The molecule has 1 rings (SSSR count). The Morgan fingerprint density at radius 2 is 2.13 bits per heavy atom. The van der Waals surface area contributed by atoms with Gasteiger partial charge in [0, 0.05) is 12.6 Å². The van der Waals surface area contributed by atoms with Crippen molar-refractivity contribution in [2.75, 3.05) is 0 Å². The second kappa shape index (κ2) is 5.85. The summed E-state index contributed by atoms with van der Waals surface area (Å²) in [6, 6.07) is 0.478. The second-order valence-corrected chi connectivity index (χ2v) is 4.43. The highest BCUT2D eigenvalue weighted by atomic mass is 15.3. The van der Waals surface area contributed by atoms with Crippen LogP contribution in [-0.2, 0) is 13.1 Å². The highest BCUT2D eigenvalue weighted by Gasteiger charge is 2.04. The van der Waals surface area contributed by atoms with Gasteiger partial charge in [-0.15, -0.1) is 0 Å². The van der Waals surface area contributed by atoms with Crippen molar-refractivity contribution in [3.63, 3.8) is 0 Å². The molecule has 4 nitrogen and oxygen atoms in total. The van der Waals surface area contributed by atoms with Crippen LogP contribution in [0.15, 0.2) is 6.33 Å². The number of aromatic nitrogens is 3. The Hall–Kier alpha value is -0.900. The number of nitrogens with one attached hydrogen (secondary N) is 1. The summed E-state index contributed by atoms with van der Waals surface area (Å²) in [7, 11) is 0. The maximum Gasteiger partial charge on any atom is 0.164 e. The molecule has 0 aliphatic rings. The third-order valence-electron chi connectivity index (χ3n) is 2.45. The van der Waals surface area contributed by atoms with E-state index >= 15 is 0 Å². The molecule has 1 aromatic heterocycles. The molecule has 86 valence electrons. The maximum absolute atomic E-state index is 4.41. The van der Waals surface area contributed by atoms with E-state index in [0.717, 1.165) is 18.9 Å². The van der Waals surface area contributed by atoms with Crippen LogP contribution in [0.5, 0.6) is 0 Å². The first-order valence-electron chi connectivity index (χ1n) is 5.73. The molecular weight excluding hydrogens is 188 g/mol. The van der Waals surface area contributed by atoms with Crippen LogP contribution in [0.1, 0.15) is 39.9 Å². The first-order valence-corrected chi connectivity index (χ1v) is 5.73. The van der Waals surface area contributed by atoms with Crippen LogP contribution in [0.2, 0.25) is 0 Å². The molecule has 0 spiro atoms. The molecule has 1 N–H and O–H groups in total. The summed E-state index contributed by atoms with van der Waals surface area (Å²) < 4.78 is 1.94. The van der Waals surface area contributed by atoms with E-state index in [2.05, 4.69) is 43.1 Å². The van der Waals surface area contributed by atoms with Crippen molar-refractivity contribution < 1.29 is 0 Å².